The Morgan fingerprint density at radius 2 is 1.66 bits per heavy atom. The minimum absolute atomic E-state index is 0.0776. The van der Waals surface area contributed by atoms with E-state index in [-0.39, 0.29) is 24.4 Å². The fourth-order valence-corrected chi connectivity index (χ4v) is 4.82. The number of benzene rings is 3. The predicted octanol–water partition coefficient (Wildman–Crippen LogP) is 4.77. The van der Waals surface area contributed by atoms with Crippen molar-refractivity contribution < 1.29 is 19.1 Å². The summed E-state index contributed by atoms with van der Waals surface area (Å²) in [6, 6.07) is 22.4. The highest BCUT2D eigenvalue weighted by molar-refractivity contribution is 6.08. The van der Waals surface area contributed by atoms with Gasteiger partial charge < -0.3 is 24.3 Å². The largest absolute Gasteiger partial charge is 0.497 e. The van der Waals surface area contributed by atoms with Crippen LogP contribution in [0.15, 0.2) is 72.8 Å². The lowest BCUT2D eigenvalue weighted by molar-refractivity contribution is -0.117. The Kier molecular flexibility index (Phi) is 5.91. The zero-order valence-electron chi connectivity index (χ0n) is 19.9. The third-order valence-electron chi connectivity index (χ3n) is 6.39. The lowest BCUT2D eigenvalue weighted by atomic mass is 9.98. The van der Waals surface area contributed by atoms with Gasteiger partial charge in [0.05, 0.1) is 19.8 Å². The van der Waals surface area contributed by atoms with E-state index in [0.29, 0.717) is 18.0 Å². The summed E-state index contributed by atoms with van der Waals surface area (Å²) in [7, 11) is 3.52. The lowest BCUT2D eigenvalue weighted by Gasteiger charge is -2.26. The number of nitrogens with one attached hydrogen (secondary N) is 1. The first-order valence-electron chi connectivity index (χ1n) is 11.6. The molecule has 1 aliphatic rings. The maximum Gasteiger partial charge on any atom is 0.272 e. The Balaban J connectivity index is 1.49. The number of aryl methyl sites for hydroxylation is 1. The first kappa shape index (κ1) is 22.5. The van der Waals surface area contributed by atoms with Crippen LogP contribution in [0.1, 0.15) is 34.6 Å². The second-order valence-electron chi connectivity index (χ2n) is 8.45. The summed E-state index contributed by atoms with van der Waals surface area (Å²) in [5.74, 6) is 1.04. The fourth-order valence-electron chi connectivity index (χ4n) is 4.82. The van der Waals surface area contributed by atoms with E-state index < -0.39 is 0 Å². The quantitative estimate of drug-likeness (QED) is 0.423. The van der Waals surface area contributed by atoms with Crippen molar-refractivity contribution in [2.24, 2.45) is 7.05 Å². The number of methoxy groups -OCH3 is 1. The molecule has 7 heteroatoms. The molecule has 5 rings (SSSR count). The van der Waals surface area contributed by atoms with Gasteiger partial charge in [-0.3, -0.25) is 9.59 Å². The summed E-state index contributed by atoms with van der Waals surface area (Å²) in [6.45, 7) is 2.42. The number of carbonyl (C=O) groups is 2. The Morgan fingerprint density at radius 1 is 0.971 bits per heavy atom. The van der Waals surface area contributed by atoms with Crippen LogP contribution in [0.4, 0.5) is 5.69 Å². The van der Waals surface area contributed by atoms with Gasteiger partial charge in [-0.15, -0.1) is 0 Å². The number of amides is 2. The maximum atomic E-state index is 13.7. The molecular formula is C28H27N3O4. The van der Waals surface area contributed by atoms with E-state index in [1.54, 1.807) is 24.1 Å². The van der Waals surface area contributed by atoms with Crippen molar-refractivity contribution in [1.29, 1.82) is 0 Å². The maximum absolute atomic E-state index is 13.7. The molecule has 0 fully saturated rings. The fraction of sp³-hybridized carbons (Fsp3) is 0.214. The number of aromatic nitrogens is 1. The number of para-hydroxylation sites is 1. The Bertz CT molecular complexity index is 1390. The SMILES string of the molecule is CCOc1ccc(NC(=O)CN2C(=O)c3c(c4ccccc4n3C)[C@H]2c2ccc(OC)cc2)cc1. The molecule has 0 spiro atoms. The van der Waals surface area contributed by atoms with E-state index in [1.807, 2.05) is 79.2 Å². The number of hydrogen-bond acceptors (Lipinski definition) is 4. The highest BCUT2D eigenvalue weighted by Gasteiger charge is 2.42. The minimum Gasteiger partial charge on any atom is -0.497 e. The van der Waals surface area contributed by atoms with Gasteiger partial charge in [0.2, 0.25) is 5.91 Å². The monoisotopic (exact) mass is 469 g/mol. The van der Waals surface area contributed by atoms with Crippen molar-refractivity contribution in [3.05, 3.63) is 89.6 Å². The van der Waals surface area contributed by atoms with Gasteiger partial charge in [-0.25, -0.2) is 0 Å². The normalized spacial score (nSPS) is 14.8. The molecule has 1 aliphatic heterocycles. The van der Waals surface area contributed by atoms with Gasteiger partial charge in [0.15, 0.2) is 0 Å². The van der Waals surface area contributed by atoms with Crippen molar-refractivity contribution in [2.75, 3.05) is 25.6 Å². The summed E-state index contributed by atoms with van der Waals surface area (Å²) in [5.41, 5.74) is 4.09. The van der Waals surface area contributed by atoms with E-state index in [0.717, 1.165) is 33.5 Å². The van der Waals surface area contributed by atoms with Crippen molar-refractivity contribution in [3.8, 4) is 11.5 Å². The summed E-state index contributed by atoms with van der Waals surface area (Å²) >= 11 is 0. The summed E-state index contributed by atoms with van der Waals surface area (Å²) < 4.78 is 12.7. The Hall–Kier alpha value is -4.26. The van der Waals surface area contributed by atoms with Crippen molar-refractivity contribution in [2.45, 2.75) is 13.0 Å². The molecule has 178 valence electrons. The molecule has 0 aliphatic carbocycles. The van der Waals surface area contributed by atoms with Crippen LogP contribution >= 0.6 is 0 Å². The van der Waals surface area contributed by atoms with Crippen LogP contribution in [0.3, 0.4) is 0 Å². The first-order chi connectivity index (χ1) is 17.0. The van der Waals surface area contributed by atoms with Gasteiger partial charge in [-0.2, -0.15) is 0 Å². The van der Waals surface area contributed by atoms with Crippen LogP contribution in [-0.4, -0.2) is 41.5 Å². The molecule has 35 heavy (non-hydrogen) atoms. The van der Waals surface area contributed by atoms with Crippen LogP contribution in [0.2, 0.25) is 0 Å². The van der Waals surface area contributed by atoms with Crippen LogP contribution in [0.5, 0.6) is 11.5 Å². The molecule has 2 heterocycles. The van der Waals surface area contributed by atoms with Crippen LogP contribution in [-0.2, 0) is 11.8 Å². The topological polar surface area (TPSA) is 72.8 Å². The molecule has 2 amide bonds. The zero-order valence-corrected chi connectivity index (χ0v) is 19.9. The average molecular weight is 470 g/mol. The molecule has 7 nitrogen and oxygen atoms in total. The molecule has 0 saturated carbocycles. The highest BCUT2D eigenvalue weighted by Crippen LogP contribution is 2.44. The van der Waals surface area contributed by atoms with E-state index in [9.17, 15) is 9.59 Å². The Labute approximate surface area is 203 Å². The minimum atomic E-state index is -0.388. The molecule has 1 aromatic heterocycles. The number of nitrogens with zero attached hydrogens (tertiary/aromatic N) is 2. The standard InChI is InChI=1S/C28H27N3O4/c1-4-35-21-15-11-19(12-16-21)29-24(32)17-31-26(18-9-13-20(34-3)14-10-18)25-22-7-5-6-8-23(22)30(2)27(25)28(31)33/h5-16,26H,4,17H2,1-3H3,(H,29,32)/t26-/m1/s1. The second-order valence-corrected chi connectivity index (χ2v) is 8.45. The number of rotatable bonds is 7. The zero-order chi connectivity index (χ0) is 24.5. The van der Waals surface area contributed by atoms with Gasteiger partial charge >= 0.3 is 0 Å². The van der Waals surface area contributed by atoms with Gasteiger partial charge in [0.1, 0.15) is 23.7 Å². The average Bonchev–Trinajstić information content (AvgIpc) is 3.33. The first-order valence-corrected chi connectivity index (χ1v) is 11.6. The summed E-state index contributed by atoms with van der Waals surface area (Å²) in [4.78, 5) is 28.4. The number of hydrogen-bond donors (Lipinski definition) is 1. The highest BCUT2D eigenvalue weighted by atomic mass is 16.5. The second kappa shape index (κ2) is 9.18. The van der Waals surface area contributed by atoms with Crippen LogP contribution in [0, 0.1) is 0 Å². The molecule has 4 aromatic rings. The van der Waals surface area contributed by atoms with E-state index in [1.165, 1.54) is 0 Å². The molecule has 3 aromatic carbocycles. The van der Waals surface area contributed by atoms with Gasteiger partial charge in [-0.1, -0.05) is 30.3 Å². The summed E-state index contributed by atoms with van der Waals surface area (Å²) in [5, 5.41) is 3.91. The van der Waals surface area contributed by atoms with E-state index in [2.05, 4.69) is 5.32 Å². The number of carbonyl (C=O) groups excluding carboxylic acids is 2. The smallest absolute Gasteiger partial charge is 0.272 e. The van der Waals surface area contributed by atoms with Gasteiger partial charge in [-0.05, 0) is 55.0 Å². The molecule has 1 atom stereocenters. The van der Waals surface area contributed by atoms with Crippen molar-refractivity contribution >= 4 is 28.4 Å². The van der Waals surface area contributed by atoms with E-state index in [4.69, 9.17) is 9.47 Å². The predicted molar refractivity (Wildman–Crippen MR) is 135 cm³/mol. The van der Waals surface area contributed by atoms with E-state index >= 15 is 0 Å². The summed E-state index contributed by atoms with van der Waals surface area (Å²) in [6.07, 6.45) is 0. The molecule has 0 bridgehead atoms. The third-order valence-corrected chi connectivity index (χ3v) is 6.39. The molecule has 0 unspecified atom stereocenters. The molecule has 0 radical (unpaired) electrons. The van der Waals surface area contributed by atoms with Crippen LogP contribution < -0.4 is 14.8 Å². The lowest BCUT2D eigenvalue weighted by Crippen LogP contribution is -2.37. The Morgan fingerprint density at radius 3 is 2.34 bits per heavy atom. The van der Waals surface area contributed by atoms with Crippen molar-refractivity contribution in [1.82, 2.24) is 9.47 Å². The molecular weight excluding hydrogens is 442 g/mol. The number of fused-ring (bicyclic) bond motifs is 3. The molecule has 1 N–H and O–H groups in total. The van der Waals surface area contributed by atoms with Gasteiger partial charge in [0, 0.05) is 29.2 Å². The van der Waals surface area contributed by atoms with Gasteiger partial charge in [0.25, 0.3) is 5.91 Å². The number of anilines is 1. The third kappa shape index (κ3) is 3.99. The van der Waals surface area contributed by atoms with Crippen molar-refractivity contribution in [3.63, 3.8) is 0 Å². The van der Waals surface area contributed by atoms with Crippen LogP contribution in [0.25, 0.3) is 10.9 Å². The molecule has 0 saturated heterocycles. The number of ether oxygens (including phenoxy) is 2.